The standard InChI is InChI=1S/C22H25NO2S/c24-21(18-25-17-20-10-5-2-6-11-20)15-23(16-22-12-7-13-26-22)14-19-8-3-1-4-9-19/h1-13,21,24H,14-18H2. The minimum absolute atomic E-state index is 0.338. The molecule has 0 aliphatic heterocycles. The average molecular weight is 368 g/mol. The van der Waals surface area contributed by atoms with Gasteiger partial charge in [0, 0.05) is 24.5 Å². The highest BCUT2D eigenvalue weighted by molar-refractivity contribution is 7.09. The van der Waals surface area contributed by atoms with Crippen LogP contribution in [0.15, 0.2) is 78.2 Å². The summed E-state index contributed by atoms with van der Waals surface area (Å²) in [7, 11) is 0. The third kappa shape index (κ3) is 6.39. The number of hydrogen-bond donors (Lipinski definition) is 1. The Bertz CT molecular complexity index is 731. The van der Waals surface area contributed by atoms with Gasteiger partial charge in [0.1, 0.15) is 0 Å². The lowest BCUT2D eigenvalue weighted by Gasteiger charge is -2.24. The summed E-state index contributed by atoms with van der Waals surface area (Å²) in [4.78, 5) is 3.58. The Balaban J connectivity index is 1.52. The molecule has 0 saturated heterocycles. The third-order valence-electron chi connectivity index (χ3n) is 4.10. The average Bonchev–Trinajstić information content (AvgIpc) is 3.16. The van der Waals surface area contributed by atoms with Crippen LogP contribution in [0.3, 0.4) is 0 Å². The van der Waals surface area contributed by atoms with Gasteiger partial charge in [-0.3, -0.25) is 4.90 Å². The number of thiophene rings is 1. The maximum atomic E-state index is 10.4. The summed E-state index contributed by atoms with van der Waals surface area (Å²) in [6.07, 6.45) is -0.512. The van der Waals surface area contributed by atoms with Crippen molar-refractivity contribution in [1.29, 1.82) is 0 Å². The van der Waals surface area contributed by atoms with E-state index in [4.69, 9.17) is 4.74 Å². The SMILES string of the molecule is OC(COCc1ccccc1)CN(Cc1ccccc1)Cc1cccs1. The molecule has 4 heteroatoms. The van der Waals surface area contributed by atoms with Crippen LogP contribution in [0.1, 0.15) is 16.0 Å². The molecule has 0 bridgehead atoms. The number of rotatable bonds is 10. The van der Waals surface area contributed by atoms with E-state index in [-0.39, 0.29) is 0 Å². The van der Waals surface area contributed by atoms with Crippen LogP contribution in [0.2, 0.25) is 0 Å². The highest BCUT2D eigenvalue weighted by Gasteiger charge is 2.14. The first-order valence-corrected chi connectivity index (χ1v) is 9.76. The van der Waals surface area contributed by atoms with Crippen molar-refractivity contribution in [3.05, 3.63) is 94.2 Å². The molecule has 1 aromatic heterocycles. The van der Waals surface area contributed by atoms with Crippen LogP contribution in [0.4, 0.5) is 0 Å². The van der Waals surface area contributed by atoms with E-state index < -0.39 is 6.10 Å². The number of aliphatic hydroxyl groups excluding tert-OH is 1. The zero-order valence-corrected chi connectivity index (χ0v) is 15.6. The van der Waals surface area contributed by atoms with E-state index in [9.17, 15) is 5.11 Å². The predicted octanol–water partition coefficient (Wildman–Crippen LogP) is 4.33. The van der Waals surface area contributed by atoms with Crippen LogP contribution in [-0.2, 0) is 24.4 Å². The minimum Gasteiger partial charge on any atom is -0.389 e. The smallest absolute Gasteiger partial charge is 0.0900 e. The molecule has 1 unspecified atom stereocenters. The first-order valence-electron chi connectivity index (χ1n) is 8.88. The monoisotopic (exact) mass is 367 g/mol. The van der Waals surface area contributed by atoms with Gasteiger partial charge in [-0.15, -0.1) is 11.3 Å². The molecule has 3 nitrogen and oxygen atoms in total. The maximum absolute atomic E-state index is 10.4. The highest BCUT2D eigenvalue weighted by atomic mass is 32.1. The van der Waals surface area contributed by atoms with Crippen molar-refractivity contribution in [2.75, 3.05) is 13.2 Å². The van der Waals surface area contributed by atoms with Crippen molar-refractivity contribution >= 4 is 11.3 Å². The molecule has 0 saturated carbocycles. The van der Waals surface area contributed by atoms with Crippen molar-refractivity contribution in [2.24, 2.45) is 0 Å². The van der Waals surface area contributed by atoms with Gasteiger partial charge in [0.05, 0.1) is 19.3 Å². The van der Waals surface area contributed by atoms with Gasteiger partial charge < -0.3 is 9.84 Å². The molecule has 0 radical (unpaired) electrons. The van der Waals surface area contributed by atoms with Crippen molar-refractivity contribution in [3.63, 3.8) is 0 Å². The second kappa shape index (κ2) is 10.2. The van der Waals surface area contributed by atoms with E-state index in [0.717, 1.165) is 18.7 Å². The summed E-state index contributed by atoms with van der Waals surface area (Å²) in [5.41, 5.74) is 2.38. The molecule has 136 valence electrons. The number of benzene rings is 2. The summed E-state index contributed by atoms with van der Waals surface area (Å²) in [6.45, 7) is 3.10. The molecule has 2 aromatic carbocycles. The first kappa shape index (κ1) is 18.8. The Morgan fingerprint density at radius 2 is 1.54 bits per heavy atom. The van der Waals surface area contributed by atoms with Gasteiger partial charge in [-0.2, -0.15) is 0 Å². The summed E-state index contributed by atoms with van der Waals surface area (Å²) >= 11 is 1.75. The zero-order chi connectivity index (χ0) is 18.0. The Hall–Kier alpha value is -1.98. The molecule has 0 spiro atoms. The van der Waals surface area contributed by atoms with Crippen molar-refractivity contribution in [3.8, 4) is 0 Å². The highest BCUT2D eigenvalue weighted by Crippen LogP contribution is 2.15. The van der Waals surface area contributed by atoms with E-state index >= 15 is 0 Å². The van der Waals surface area contributed by atoms with Crippen molar-refractivity contribution in [1.82, 2.24) is 4.90 Å². The fraction of sp³-hybridized carbons (Fsp3) is 0.273. The molecule has 0 aliphatic carbocycles. The molecular formula is C22H25NO2S. The quantitative estimate of drug-likeness (QED) is 0.579. The number of nitrogens with zero attached hydrogens (tertiary/aromatic N) is 1. The van der Waals surface area contributed by atoms with E-state index in [0.29, 0.717) is 19.8 Å². The fourth-order valence-electron chi connectivity index (χ4n) is 2.89. The second-order valence-electron chi connectivity index (χ2n) is 6.39. The van der Waals surface area contributed by atoms with Gasteiger partial charge in [-0.25, -0.2) is 0 Å². The van der Waals surface area contributed by atoms with Crippen LogP contribution in [0, 0.1) is 0 Å². The van der Waals surface area contributed by atoms with Gasteiger partial charge >= 0.3 is 0 Å². The van der Waals surface area contributed by atoms with Crippen molar-refractivity contribution < 1.29 is 9.84 Å². The lowest BCUT2D eigenvalue weighted by atomic mass is 10.2. The topological polar surface area (TPSA) is 32.7 Å². The normalized spacial score (nSPS) is 12.4. The van der Waals surface area contributed by atoms with E-state index in [1.807, 2.05) is 36.4 Å². The molecule has 0 amide bonds. The summed E-state index contributed by atoms with van der Waals surface area (Å²) in [6, 6.07) is 24.6. The number of hydrogen-bond acceptors (Lipinski definition) is 4. The largest absolute Gasteiger partial charge is 0.389 e. The third-order valence-corrected chi connectivity index (χ3v) is 4.96. The molecule has 3 aromatic rings. The van der Waals surface area contributed by atoms with Crippen LogP contribution >= 0.6 is 11.3 Å². The zero-order valence-electron chi connectivity index (χ0n) is 14.8. The lowest BCUT2D eigenvalue weighted by Crippen LogP contribution is -2.34. The molecule has 1 N–H and O–H groups in total. The minimum atomic E-state index is -0.512. The van der Waals surface area contributed by atoms with Crippen LogP contribution in [0.5, 0.6) is 0 Å². The van der Waals surface area contributed by atoms with E-state index in [1.54, 1.807) is 11.3 Å². The molecule has 26 heavy (non-hydrogen) atoms. The van der Waals surface area contributed by atoms with Gasteiger partial charge in [0.2, 0.25) is 0 Å². The summed E-state index contributed by atoms with van der Waals surface area (Å²) < 4.78 is 5.69. The fourth-order valence-corrected chi connectivity index (χ4v) is 3.63. The first-order chi connectivity index (χ1) is 12.8. The predicted molar refractivity (Wildman–Crippen MR) is 107 cm³/mol. The molecule has 0 aliphatic rings. The van der Waals surface area contributed by atoms with Gasteiger partial charge in [0.25, 0.3) is 0 Å². The second-order valence-corrected chi connectivity index (χ2v) is 7.42. The van der Waals surface area contributed by atoms with Crippen LogP contribution < -0.4 is 0 Å². The summed E-state index contributed by atoms with van der Waals surface area (Å²) in [5, 5.41) is 12.5. The number of aliphatic hydroxyl groups is 1. The molecule has 1 atom stereocenters. The van der Waals surface area contributed by atoms with E-state index in [2.05, 4.69) is 46.7 Å². The Morgan fingerprint density at radius 3 is 2.19 bits per heavy atom. The Labute approximate surface area is 159 Å². The maximum Gasteiger partial charge on any atom is 0.0900 e. The van der Waals surface area contributed by atoms with Crippen LogP contribution in [0.25, 0.3) is 0 Å². The Kier molecular flexibility index (Phi) is 7.40. The van der Waals surface area contributed by atoms with Gasteiger partial charge in [-0.05, 0) is 22.6 Å². The molecule has 3 rings (SSSR count). The molecule has 0 fully saturated rings. The lowest BCUT2D eigenvalue weighted by molar-refractivity contribution is 0.00729. The van der Waals surface area contributed by atoms with Gasteiger partial charge in [0.15, 0.2) is 0 Å². The van der Waals surface area contributed by atoms with E-state index in [1.165, 1.54) is 10.4 Å². The van der Waals surface area contributed by atoms with Crippen molar-refractivity contribution in [2.45, 2.75) is 25.8 Å². The van der Waals surface area contributed by atoms with Gasteiger partial charge in [-0.1, -0.05) is 66.7 Å². The number of ether oxygens (including phenoxy) is 1. The molecular weight excluding hydrogens is 342 g/mol. The summed E-state index contributed by atoms with van der Waals surface area (Å²) in [5.74, 6) is 0. The Morgan fingerprint density at radius 1 is 0.846 bits per heavy atom. The molecule has 1 heterocycles. The van der Waals surface area contributed by atoms with Crippen LogP contribution in [-0.4, -0.2) is 29.3 Å².